The maximum atomic E-state index is 9.83. The molecule has 0 bridgehead atoms. The van der Waals surface area contributed by atoms with E-state index in [1.807, 2.05) is 13.0 Å². The zero-order valence-corrected chi connectivity index (χ0v) is 10.4. The fourth-order valence-corrected chi connectivity index (χ4v) is 2.00. The lowest BCUT2D eigenvalue weighted by Crippen LogP contribution is -1.81. The van der Waals surface area contributed by atoms with Crippen molar-refractivity contribution >= 4 is 22.8 Å². The van der Waals surface area contributed by atoms with Crippen LogP contribution in [-0.4, -0.2) is 20.1 Å². The third-order valence-corrected chi connectivity index (χ3v) is 2.92. The standard InChI is InChI=1S/C13H10ClN3O/c1-7-4-10-13(15-6-7)17-12(16-10)9-5-8(14)2-3-11(9)18/h2-6,18H,1H3,(H,15,16,17). The van der Waals surface area contributed by atoms with E-state index in [0.717, 1.165) is 11.1 Å². The first kappa shape index (κ1) is 11.0. The van der Waals surface area contributed by atoms with E-state index in [-0.39, 0.29) is 5.75 Å². The van der Waals surface area contributed by atoms with Crippen LogP contribution in [0.2, 0.25) is 5.02 Å². The smallest absolute Gasteiger partial charge is 0.178 e. The number of aromatic hydroxyl groups is 1. The molecule has 0 spiro atoms. The summed E-state index contributed by atoms with van der Waals surface area (Å²) in [6, 6.07) is 6.80. The summed E-state index contributed by atoms with van der Waals surface area (Å²) in [5.74, 6) is 0.693. The monoisotopic (exact) mass is 259 g/mol. The van der Waals surface area contributed by atoms with Gasteiger partial charge in [-0.15, -0.1) is 0 Å². The fourth-order valence-electron chi connectivity index (χ4n) is 1.83. The Morgan fingerprint density at radius 1 is 1.28 bits per heavy atom. The molecule has 0 atom stereocenters. The van der Waals surface area contributed by atoms with Gasteiger partial charge in [-0.2, -0.15) is 0 Å². The summed E-state index contributed by atoms with van der Waals surface area (Å²) in [6.07, 6.45) is 1.75. The highest BCUT2D eigenvalue weighted by molar-refractivity contribution is 6.30. The number of fused-ring (bicyclic) bond motifs is 1. The minimum atomic E-state index is 0.134. The second-order valence-corrected chi connectivity index (χ2v) is 4.57. The van der Waals surface area contributed by atoms with Crippen molar-refractivity contribution in [1.82, 2.24) is 15.0 Å². The number of phenols is 1. The van der Waals surface area contributed by atoms with Gasteiger partial charge in [0.1, 0.15) is 11.6 Å². The van der Waals surface area contributed by atoms with E-state index in [0.29, 0.717) is 22.1 Å². The number of phenolic OH excluding ortho intramolecular Hbond substituents is 1. The van der Waals surface area contributed by atoms with Gasteiger partial charge in [0.15, 0.2) is 5.65 Å². The number of pyridine rings is 1. The molecule has 1 aromatic carbocycles. The predicted molar refractivity (Wildman–Crippen MR) is 70.7 cm³/mol. The topological polar surface area (TPSA) is 61.8 Å². The minimum Gasteiger partial charge on any atom is -0.507 e. The zero-order valence-electron chi connectivity index (χ0n) is 9.61. The highest BCUT2D eigenvalue weighted by Gasteiger charge is 2.10. The number of nitrogens with zero attached hydrogens (tertiary/aromatic N) is 2. The Morgan fingerprint density at radius 3 is 2.94 bits per heavy atom. The lowest BCUT2D eigenvalue weighted by atomic mass is 10.2. The molecular formula is C13H10ClN3O. The molecule has 0 saturated carbocycles. The number of aromatic amines is 1. The second-order valence-electron chi connectivity index (χ2n) is 4.13. The number of benzene rings is 1. The van der Waals surface area contributed by atoms with Gasteiger partial charge in [0.2, 0.25) is 0 Å². The maximum absolute atomic E-state index is 9.83. The highest BCUT2D eigenvalue weighted by atomic mass is 35.5. The van der Waals surface area contributed by atoms with Gasteiger partial charge in [-0.3, -0.25) is 0 Å². The van der Waals surface area contributed by atoms with Crippen molar-refractivity contribution in [2.45, 2.75) is 6.92 Å². The second kappa shape index (κ2) is 3.99. The highest BCUT2D eigenvalue weighted by Crippen LogP contribution is 2.30. The van der Waals surface area contributed by atoms with Crippen LogP contribution in [0.15, 0.2) is 30.5 Å². The van der Waals surface area contributed by atoms with Crippen molar-refractivity contribution < 1.29 is 5.11 Å². The van der Waals surface area contributed by atoms with Crippen molar-refractivity contribution in [3.8, 4) is 17.1 Å². The Hall–Kier alpha value is -2.07. The van der Waals surface area contributed by atoms with Gasteiger partial charge in [-0.25, -0.2) is 9.97 Å². The Kier molecular flexibility index (Phi) is 2.45. The van der Waals surface area contributed by atoms with E-state index in [1.54, 1.807) is 24.4 Å². The number of imidazole rings is 1. The van der Waals surface area contributed by atoms with E-state index < -0.39 is 0 Å². The molecule has 3 rings (SSSR count). The van der Waals surface area contributed by atoms with Gasteiger partial charge in [-0.05, 0) is 36.8 Å². The number of nitrogens with one attached hydrogen (secondary N) is 1. The number of rotatable bonds is 1. The minimum absolute atomic E-state index is 0.134. The van der Waals surface area contributed by atoms with Crippen molar-refractivity contribution in [2.75, 3.05) is 0 Å². The van der Waals surface area contributed by atoms with Crippen LogP contribution in [0.1, 0.15) is 5.56 Å². The molecule has 0 aliphatic carbocycles. The van der Waals surface area contributed by atoms with Crippen LogP contribution in [0.25, 0.3) is 22.6 Å². The molecule has 18 heavy (non-hydrogen) atoms. The van der Waals surface area contributed by atoms with Crippen molar-refractivity contribution in [1.29, 1.82) is 0 Å². The number of hydrogen-bond acceptors (Lipinski definition) is 3. The molecular weight excluding hydrogens is 250 g/mol. The van der Waals surface area contributed by atoms with E-state index in [9.17, 15) is 5.11 Å². The first-order valence-corrected chi connectivity index (χ1v) is 5.82. The average Bonchev–Trinajstić information content (AvgIpc) is 2.74. The van der Waals surface area contributed by atoms with Gasteiger partial charge >= 0.3 is 0 Å². The van der Waals surface area contributed by atoms with Crippen LogP contribution >= 0.6 is 11.6 Å². The number of hydrogen-bond donors (Lipinski definition) is 2. The van der Waals surface area contributed by atoms with Crippen molar-refractivity contribution in [2.24, 2.45) is 0 Å². The molecule has 90 valence electrons. The molecule has 4 nitrogen and oxygen atoms in total. The van der Waals surface area contributed by atoms with Crippen LogP contribution in [0.3, 0.4) is 0 Å². The van der Waals surface area contributed by atoms with Crippen molar-refractivity contribution in [3.63, 3.8) is 0 Å². The van der Waals surface area contributed by atoms with Crippen LogP contribution in [-0.2, 0) is 0 Å². The van der Waals surface area contributed by atoms with E-state index in [4.69, 9.17) is 11.6 Å². The Balaban J connectivity index is 2.22. The molecule has 0 radical (unpaired) electrons. The normalized spacial score (nSPS) is 11.0. The molecule has 0 aliphatic heterocycles. The fraction of sp³-hybridized carbons (Fsp3) is 0.0769. The third kappa shape index (κ3) is 1.80. The third-order valence-electron chi connectivity index (χ3n) is 2.69. The van der Waals surface area contributed by atoms with Crippen LogP contribution in [0, 0.1) is 6.92 Å². The first-order chi connectivity index (χ1) is 8.63. The quantitative estimate of drug-likeness (QED) is 0.705. The molecule has 2 N–H and O–H groups in total. The summed E-state index contributed by atoms with van der Waals surface area (Å²) in [7, 11) is 0. The van der Waals surface area contributed by atoms with Gasteiger partial charge in [0.25, 0.3) is 0 Å². The average molecular weight is 260 g/mol. The number of aromatic nitrogens is 3. The Morgan fingerprint density at radius 2 is 2.11 bits per heavy atom. The lowest BCUT2D eigenvalue weighted by molar-refractivity contribution is 0.477. The lowest BCUT2D eigenvalue weighted by Gasteiger charge is -2.00. The largest absolute Gasteiger partial charge is 0.507 e. The molecule has 2 aromatic heterocycles. The van der Waals surface area contributed by atoms with Gasteiger partial charge in [-0.1, -0.05) is 11.6 Å². The molecule has 0 fully saturated rings. The van der Waals surface area contributed by atoms with Crippen LogP contribution in [0.5, 0.6) is 5.75 Å². The summed E-state index contributed by atoms with van der Waals surface area (Å²) >= 11 is 5.92. The summed E-state index contributed by atoms with van der Waals surface area (Å²) in [5, 5.41) is 10.4. The number of H-pyrrole nitrogens is 1. The zero-order chi connectivity index (χ0) is 12.7. The predicted octanol–water partition coefficient (Wildman–Crippen LogP) is 3.29. The summed E-state index contributed by atoms with van der Waals surface area (Å²) < 4.78 is 0. The Bertz CT molecular complexity index is 736. The van der Waals surface area contributed by atoms with Crippen LogP contribution < -0.4 is 0 Å². The SMILES string of the molecule is Cc1cnc2nc(-c3cc(Cl)ccc3O)[nH]c2c1. The van der Waals surface area contributed by atoms with E-state index in [2.05, 4.69) is 15.0 Å². The molecule has 0 saturated heterocycles. The maximum Gasteiger partial charge on any atom is 0.178 e. The summed E-state index contributed by atoms with van der Waals surface area (Å²) in [5.41, 5.74) is 3.07. The molecule has 2 heterocycles. The molecule has 0 amide bonds. The number of halogens is 1. The molecule has 5 heteroatoms. The molecule has 3 aromatic rings. The van der Waals surface area contributed by atoms with Crippen LogP contribution in [0.4, 0.5) is 0 Å². The summed E-state index contributed by atoms with van der Waals surface area (Å²) in [6.45, 7) is 1.96. The van der Waals surface area contributed by atoms with E-state index >= 15 is 0 Å². The van der Waals surface area contributed by atoms with E-state index in [1.165, 1.54) is 0 Å². The van der Waals surface area contributed by atoms with Gasteiger partial charge < -0.3 is 10.1 Å². The van der Waals surface area contributed by atoms with Gasteiger partial charge in [0, 0.05) is 11.2 Å². The van der Waals surface area contributed by atoms with Gasteiger partial charge in [0.05, 0.1) is 11.1 Å². The number of aryl methyl sites for hydroxylation is 1. The molecule has 0 aliphatic rings. The first-order valence-electron chi connectivity index (χ1n) is 5.45. The Labute approximate surface area is 108 Å². The summed E-state index contributed by atoms with van der Waals surface area (Å²) in [4.78, 5) is 11.7. The van der Waals surface area contributed by atoms with Crippen molar-refractivity contribution in [3.05, 3.63) is 41.0 Å². The molecule has 0 unspecified atom stereocenters.